The molecule has 3 rings (SSSR count). The van der Waals surface area contributed by atoms with Gasteiger partial charge in [-0.1, -0.05) is 19.0 Å². The van der Waals surface area contributed by atoms with Crippen LogP contribution in [0.5, 0.6) is 0 Å². The molecule has 0 bridgehead atoms. The van der Waals surface area contributed by atoms with E-state index in [4.69, 9.17) is 4.52 Å². The van der Waals surface area contributed by atoms with Crippen molar-refractivity contribution in [3.63, 3.8) is 0 Å². The van der Waals surface area contributed by atoms with Crippen molar-refractivity contribution in [2.24, 2.45) is 5.41 Å². The van der Waals surface area contributed by atoms with Gasteiger partial charge in [-0.3, -0.25) is 0 Å². The molecule has 1 saturated heterocycles. The maximum Gasteiger partial charge on any atom is 0.243 e. The van der Waals surface area contributed by atoms with E-state index < -0.39 is 0 Å². The minimum Gasteiger partial charge on any atom is -0.392 e. The average molecular weight is 223 g/mol. The van der Waals surface area contributed by atoms with E-state index >= 15 is 0 Å². The summed E-state index contributed by atoms with van der Waals surface area (Å²) in [6.45, 7) is 5.04. The van der Waals surface area contributed by atoms with E-state index in [1.807, 2.05) is 0 Å². The molecule has 1 aliphatic carbocycles. The second kappa shape index (κ2) is 3.28. The fourth-order valence-electron chi connectivity index (χ4n) is 2.34. The number of hydrogen-bond donors (Lipinski definition) is 2. The molecule has 0 radical (unpaired) electrons. The van der Waals surface area contributed by atoms with Crippen molar-refractivity contribution in [2.75, 3.05) is 6.54 Å². The Kier molecular flexibility index (Phi) is 2.09. The van der Waals surface area contributed by atoms with Crippen molar-refractivity contribution in [1.29, 1.82) is 0 Å². The minimum absolute atomic E-state index is 0.0260. The smallest absolute Gasteiger partial charge is 0.243 e. The molecule has 1 aliphatic heterocycles. The van der Waals surface area contributed by atoms with Gasteiger partial charge in [-0.25, -0.2) is 0 Å². The van der Waals surface area contributed by atoms with Crippen LogP contribution in [0.1, 0.15) is 50.4 Å². The lowest BCUT2D eigenvalue weighted by atomic mass is 10.1. The normalized spacial score (nSPS) is 36.6. The van der Waals surface area contributed by atoms with Crippen LogP contribution in [0, 0.1) is 5.41 Å². The van der Waals surface area contributed by atoms with Crippen LogP contribution in [0.2, 0.25) is 0 Å². The first-order valence-corrected chi connectivity index (χ1v) is 5.81. The third-order valence-electron chi connectivity index (χ3n) is 3.69. The van der Waals surface area contributed by atoms with Crippen LogP contribution in [0.3, 0.4) is 0 Å². The van der Waals surface area contributed by atoms with Crippen molar-refractivity contribution in [3.05, 3.63) is 11.7 Å². The fourth-order valence-corrected chi connectivity index (χ4v) is 2.34. The van der Waals surface area contributed by atoms with E-state index in [1.165, 1.54) is 0 Å². The zero-order valence-corrected chi connectivity index (χ0v) is 9.60. The van der Waals surface area contributed by atoms with Crippen LogP contribution < -0.4 is 5.32 Å². The van der Waals surface area contributed by atoms with E-state index in [-0.39, 0.29) is 12.1 Å². The summed E-state index contributed by atoms with van der Waals surface area (Å²) in [4.78, 5) is 4.43. The molecule has 1 aromatic heterocycles. The van der Waals surface area contributed by atoms with Gasteiger partial charge in [-0.2, -0.15) is 4.98 Å². The highest BCUT2D eigenvalue weighted by atomic mass is 16.5. The Balaban J connectivity index is 1.74. The SMILES string of the molecule is CC1(C)CC1c1noc([C@H]2C[C@@H](O)CN2)n1. The van der Waals surface area contributed by atoms with Gasteiger partial charge in [-0.15, -0.1) is 0 Å². The summed E-state index contributed by atoms with van der Waals surface area (Å²) in [7, 11) is 0. The van der Waals surface area contributed by atoms with Gasteiger partial charge in [0.05, 0.1) is 12.1 Å². The number of aromatic nitrogens is 2. The van der Waals surface area contributed by atoms with Crippen LogP contribution in [-0.4, -0.2) is 27.9 Å². The van der Waals surface area contributed by atoms with E-state index in [0.29, 0.717) is 30.2 Å². The summed E-state index contributed by atoms with van der Waals surface area (Å²) in [6.07, 6.45) is 1.50. The van der Waals surface area contributed by atoms with Gasteiger partial charge in [-0.05, 0) is 18.3 Å². The molecule has 5 heteroatoms. The summed E-state index contributed by atoms with van der Waals surface area (Å²) < 4.78 is 5.26. The van der Waals surface area contributed by atoms with E-state index in [9.17, 15) is 5.11 Å². The number of aliphatic hydroxyl groups is 1. The van der Waals surface area contributed by atoms with E-state index in [2.05, 4.69) is 29.3 Å². The van der Waals surface area contributed by atoms with Crippen LogP contribution in [0.15, 0.2) is 4.52 Å². The third-order valence-corrected chi connectivity index (χ3v) is 3.69. The maximum absolute atomic E-state index is 9.42. The molecule has 2 heterocycles. The van der Waals surface area contributed by atoms with Crippen molar-refractivity contribution in [1.82, 2.24) is 15.5 Å². The van der Waals surface area contributed by atoms with Gasteiger partial charge >= 0.3 is 0 Å². The van der Waals surface area contributed by atoms with Crippen molar-refractivity contribution in [3.8, 4) is 0 Å². The average Bonchev–Trinajstić information content (AvgIpc) is 2.67. The fraction of sp³-hybridized carbons (Fsp3) is 0.818. The van der Waals surface area contributed by atoms with Gasteiger partial charge in [0.25, 0.3) is 0 Å². The minimum atomic E-state index is -0.294. The van der Waals surface area contributed by atoms with Crippen molar-refractivity contribution >= 4 is 0 Å². The Morgan fingerprint density at radius 2 is 2.25 bits per heavy atom. The highest BCUT2D eigenvalue weighted by molar-refractivity contribution is 5.15. The predicted octanol–water partition coefficient (Wildman–Crippen LogP) is 0.978. The zero-order chi connectivity index (χ0) is 11.3. The highest BCUT2D eigenvalue weighted by Crippen LogP contribution is 2.57. The lowest BCUT2D eigenvalue weighted by Crippen LogP contribution is -2.15. The number of rotatable bonds is 2. The topological polar surface area (TPSA) is 71.2 Å². The molecule has 2 fully saturated rings. The monoisotopic (exact) mass is 223 g/mol. The van der Waals surface area contributed by atoms with Crippen LogP contribution in [0.25, 0.3) is 0 Å². The second-order valence-corrected chi connectivity index (χ2v) is 5.59. The van der Waals surface area contributed by atoms with Gasteiger partial charge in [0.1, 0.15) is 0 Å². The molecule has 0 amide bonds. The summed E-state index contributed by atoms with van der Waals surface area (Å²) >= 11 is 0. The molecule has 0 aromatic carbocycles. The highest BCUT2D eigenvalue weighted by Gasteiger charge is 2.49. The Morgan fingerprint density at radius 1 is 1.50 bits per heavy atom. The molecule has 0 spiro atoms. The van der Waals surface area contributed by atoms with Gasteiger partial charge in [0, 0.05) is 12.5 Å². The molecular weight excluding hydrogens is 206 g/mol. The van der Waals surface area contributed by atoms with Crippen molar-refractivity contribution < 1.29 is 9.63 Å². The molecule has 16 heavy (non-hydrogen) atoms. The first kappa shape index (κ1) is 10.2. The number of β-amino-alcohol motifs (C(OH)–C–C–N with tert-alkyl or cyclic N) is 1. The lowest BCUT2D eigenvalue weighted by Gasteiger charge is -2.01. The maximum atomic E-state index is 9.42. The molecule has 1 saturated carbocycles. The summed E-state index contributed by atoms with van der Waals surface area (Å²) in [6, 6.07) is 0.0260. The lowest BCUT2D eigenvalue weighted by molar-refractivity contribution is 0.191. The van der Waals surface area contributed by atoms with Crippen molar-refractivity contribution in [2.45, 2.75) is 44.8 Å². The molecule has 2 aliphatic rings. The standard InChI is InChI=1S/C11H17N3O2/c1-11(2)4-7(11)9-13-10(16-14-9)8-3-6(15)5-12-8/h6-8,12,15H,3-5H2,1-2H3/t6-,7?,8-/m1/s1. The second-order valence-electron chi connectivity index (χ2n) is 5.59. The molecule has 3 atom stereocenters. The molecule has 5 nitrogen and oxygen atoms in total. The Bertz CT molecular complexity index is 402. The quantitative estimate of drug-likeness (QED) is 0.782. The largest absolute Gasteiger partial charge is 0.392 e. The third kappa shape index (κ3) is 1.64. The zero-order valence-electron chi connectivity index (χ0n) is 9.60. The van der Waals surface area contributed by atoms with Crippen LogP contribution in [0.4, 0.5) is 0 Å². The van der Waals surface area contributed by atoms with Crippen LogP contribution >= 0.6 is 0 Å². The summed E-state index contributed by atoms with van der Waals surface area (Å²) in [5.41, 5.74) is 0.323. The molecule has 2 N–H and O–H groups in total. The van der Waals surface area contributed by atoms with Crippen LogP contribution in [-0.2, 0) is 0 Å². The Hall–Kier alpha value is -0.940. The van der Waals surface area contributed by atoms with Gasteiger partial charge in [0.2, 0.25) is 5.89 Å². The first-order valence-electron chi connectivity index (χ1n) is 5.81. The Labute approximate surface area is 94.2 Å². The first-order chi connectivity index (χ1) is 7.56. The predicted molar refractivity (Wildman–Crippen MR) is 56.8 cm³/mol. The summed E-state index contributed by atoms with van der Waals surface area (Å²) in [5, 5.41) is 16.6. The molecule has 88 valence electrons. The Morgan fingerprint density at radius 3 is 2.81 bits per heavy atom. The number of nitrogens with zero attached hydrogens (tertiary/aromatic N) is 2. The summed E-state index contributed by atoms with van der Waals surface area (Å²) in [5.74, 6) is 1.88. The number of aliphatic hydroxyl groups excluding tert-OH is 1. The van der Waals surface area contributed by atoms with E-state index in [1.54, 1.807) is 0 Å². The van der Waals surface area contributed by atoms with Gasteiger partial charge in [0.15, 0.2) is 5.82 Å². The molecule has 1 aromatic rings. The molecular formula is C11H17N3O2. The molecule has 1 unspecified atom stereocenters. The van der Waals surface area contributed by atoms with Gasteiger partial charge < -0.3 is 14.9 Å². The number of nitrogens with one attached hydrogen (secondary N) is 1. The van der Waals surface area contributed by atoms with E-state index in [0.717, 1.165) is 12.2 Å². The number of hydrogen-bond acceptors (Lipinski definition) is 5.